The molecule has 3 rings (SSSR count). The molecule has 2 aromatic carbocycles. The van der Waals surface area contributed by atoms with Crippen molar-refractivity contribution in [2.45, 2.75) is 44.2 Å². The molecule has 1 aliphatic rings. The summed E-state index contributed by atoms with van der Waals surface area (Å²) < 4.78 is 33.3. The molecule has 10 heteroatoms. The molecule has 1 heterocycles. The Bertz CT molecular complexity index is 1140. The van der Waals surface area contributed by atoms with Gasteiger partial charge in [0.05, 0.1) is 22.4 Å². The highest BCUT2D eigenvalue weighted by molar-refractivity contribution is 7.89. The van der Waals surface area contributed by atoms with E-state index in [0.29, 0.717) is 5.70 Å². The Labute approximate surface area is 187 Å². The van der Waals surface area contributed by atoms with Gasteiger partial charge in [0.25, 0.3) is 15.7 Å². The highest BCUT2D eigenvalue weighted by Gasteiger charge is 2.38. The lowest BCUT2D eigenvalue weighted by molar-refractivity contribution is -0.384. The number of sulfonamides is 1. The molecule has 0 saturated heterocycles. The summed E-state index contributed by atoms with van der Waals surface area (Å²) in [6.45, 7) is 6.88. The smallest absolute Gasteiger partial charge is 0.415 e. The topological polar surface area (TPSA) is 110 Å². The van der Waals surface area contributed by atoms with Crippen molar-refractivity contribution in [3.05, 3.63) is 82.2 Å². The molecular weight excluding hydrogens is 434 g/mol. The van der Waals surface area contributed by atoms with E-state index in [2.05, 4.69) is 0 Å². The average molecular weight is 460 g/mol. The minimum atomic E-state index is -4.01. The molecule has 0 aromatic heterocycles. The third kappa shape index (κ3) is 4.91. The minimum Gasteiger partial charge on any atom is -0.443 e. The number of benzene rings is 2. The number of allylic oxidation sites excluding steroid dienone is 1. The number of carbonyl (C=O) groups is 1. The van der Waals surface area contributed by atoms with Crippen LogP contribution < -0.4 is 0 Å². The number of rotatable bonds is 4. The number of nitro benzene ring substituents is 1. The van der Waals surface area contributed by atoms with Crippen molar-refractivity contribution < 1.29 is 22.9 Å². The van der Waals surface area contributed by atoms with Gasteiger partial charge in [-0.25, -0.2) is 13.2 Å². The molecule has 0 radical (unpaired) electrons. The van der Waals surface area contributed by atoms with Gasteiger partial charge in [0, 0.05) is 24.0 Å². The first kappa shape index (κ1) is 23.3. The minimum absolute atomic E-state index is 0.0417. The molecule has 1 aliphatic heterocycles. The summed E-state index contributed by atoms with van der Waals surface area (Å²) in [5.74, 6) is 0. The summed E-state index contributed by atoms with van der Waals surface area (Å²) in [6.07, 6.45) is 0.799. The van der Waals surface area contributed by atoms with Crippen LogP contribution in [0.3, 0.4) is 0 Å². The monoisotopic (exact) mass is 459 g/mol. The summed E-state index contributed by atoms with van der Waals surface area (Å²) >= 11 is 0. The largest absolute Gasteiger partial charge is 0.443 e. The zero-order valence-electron chi connectivity index (χ0n) is 18.3. The number of non-ortho nitro benzene ring substituents is 1. The van der Waals surface area contributed by atoms with E-state index in [4.69, 9.17) is 4.74 Å². The molecule has 32 heavy (non-hydrogen) atoms. The number of ether oxygens (including phenoxy) is 1. The van der Waals surface area contributed by atoms with Crippen LogP contribution in [-0.4, -0.2) is 40.8 Å². The maximum Gasteiger partial charge on any atom is 0.415 e. The van der Waals surface area contributed by atoms with E-state index in [1.807, 2.05) is 30.3 Å². The Hall–Kier alpha value is -3.40. The number of hydrogen-bond acceptors (Lipinski definition) is 6. The van der Waals surface area contributed by atoms with Crippen LogP contribution in [-0.2, 0) is 14.8 Å². The van der Waals surface area contributed by atoms with Crippen molar-refractivity contribution in [3.63, 3.8) is 0 Å². The Morgan fingerprint density at radius 2 is 1.69 bits per heavy atom. The van der Waals surface area contributed by atoms with Gasteiger partial charge >= 0.3 is 6.09 Å². The molecule has 0 saturated carbocycles. The summed E-state index contributed by atoms with van der Waals surface area (Å²) in [4.78, 5) is 24.6. The fraction of sp³-hybridized carbons (Fsp3) is 0.318. The second-order valence-corrected chi connectivity index (χ2v) is 10.3. The van der Waals surface area contributed by atoms with Crippen molar-refractivity contribution in [3.8, 4) is 0 Å². The first-order valence-corrected chi connectivity index (χ1v) is 11.4. The molecule has 0 fully saturated rings. The van der Waals surface area contributed by atoms with Gasteiger partial charge in [-0.15, -0.1) is 0 Å². The molecule has 9 nitrogen and oxygen atoms in total. The maximum atomic E-state index is 13.3. The van der Waals surface area contributed by atoms with E-state index in [-0.39, 0.29) is 17.1 Å². The predicted octanol–water partition coefficient (Wildman–Crippen LogP) is 4.44. The first-order valence-electron chi connectivity index (χ1n) is 9.92. The van der Waals surface area contributed by atoms with E-state index >= 15 is 0 Å². The van der Waals surface area contributed by atoms with Crippen LogP contribution in [0, 0.1) is 10.1 Å². The van der Waals surface area contributed by atoms with Gasteiger partial charge < -0.3 is 4.74 Å². The van der Waals surface area contributed by atoms with Crippen LogP contribution in [0.4, 0.5) is 10.5 Å². The van der Waals surface area contributed by atoms with Crippen LogP contribution in [0.2, 0.25) is 0 Å². The van der Waals surface area contributed by atoms with Gasteiger partial charge in [-0.2, -0.15) is 0 Å². The summed E-state index contributed by atoms with van der Waals surface area (Å²) in [7, 11) is -4.01. The molecule has 0 spiro atoms. The lowest BCUT2D eigenvalue weighted by Gasteiger charge is -2.40. The van der Waals surface area contributed by atoms with Gasteiger partial charge in [-0.1, -0.05) is 30.3 Å². The van der Waals surface area contributed by atoms with Crippen LogP contribution in [0.1, 0.15) is 39.3 Å². The van der Waals surface area contributed by atoms with Crippen molar-refractivity contribution in [2.75, 3.05) is 6.54 Å². The van der Waals surface area contributed by atoms with Gasteiger partial charge in [0.15, 0.2) is 0 Å². The fourth-order valence-electron chi connectivity index (χ4n) is 3.38. The van der Waals surface area contributed by atoms with Crippen molar-refractivity contribution >= 4 is 21.8 Å². The van der Waals surface area contributed by atoms with E-state index in [9.17, 15) is 23.3 Å². The molecular formula is C22H25N3O6S. The SMILES string of the molecule is CC1=CN(S(=O)(=O)c2ccc([N+](=O)[O-])cc2)CC(c2ccccc2)N1C(=O)OC(C)(C)C. The van der Waals surface area contributed by atoms with Crippen molar-refractivity contribution in [2.24, 2.45) is 0 Å². The molecule has 1 atom stereocenters. The third-order valence-corrected chi connectivity index (χ3v) is 6.54. The molecule has 2 aromatic rings. The highest BCUT2D eigenvalue weighted by Crippen LogP contribution is 2.34. The van der Waals surface area contributed by atoms with Crippen molar-refractivity contribution in [1.29, 1.82) is 0 Å². The van der Waals surface area contributed by atoms with E-state index < -0.39 is 32.7 Å². The summed E-state index contributed by atoms with van der Waals surface area (Å²) in [5, 5.41) is 10.9. The van der Waals surface area contributed by atoms with Crippen LogP contribution in [0.25, 0.3) is 0 Å². The van der Waals surface area contributed by atoms with E-state index in [1.165, 1.54) is 23.2 Å². The van der Waals surface area contributed by atoms with Gasteiger partial charge in [-0.05, 0) is 45.4 Å². The number of nitro groups is 1. The van der Waals surface area contributed by atoms with Crippen LogP contribution in [0.5, 0.6) is 0 Å². The first-order chi connectivity index (χ1) is 14.9. The number of hydrogen-bond donors (Lipinski definition) is 0. The zero-order chi connectivity index (χ0) is 23.7. The lowest BCUT2D eigenvalue weighted by Crippen LogP contribution is -2.46. The van der Waals surface area contributed by atoms with Gasteiger partial charge in [0.1, 0.15) is 5.60 Å². The summed E-state index contributed by atoms with van der Waals surface area (Å²) in [5.41, 5.74) is 0.215. The zero-order valence-corrected chi connectivity index (χ0v) is 19.1. The van der Waals surface area contributed by atoms with Gasteiger partial charge in [-0.3, -0.25) is 19.3 Å². The van der Waals surface area contributed by atoms with Crippen LogP contribution in [0.15, 0.2) is 71.4 Å². The normalized spacial score (nSPS) is 17.0. The Kier molecular flexibility index (Phi) is 6.27. The second-order valence-electron chi connectivity index (χ2n) is 8.37. The highest BCUT2D eigenvalue weighted by atomic mass is 32.2. The third-order valence-electron chi connectivity index (χ3n) is 4.80. The molecule has 0 N–H and O–H groups in total. The lowest BCUT2D eigenvalue weighted by atomic mass is 10.0. The number of carbonyl (C=O) groups excluding carboxylic acids is 1. The molecule has 170 valence electrons. The fourth-order valence-corrected chi connectivity index (χ4v) is 4.76. The van der Waals surface area contributed by atoms with Crippen molar-refractivity contribution in [1.82, 2.24) is 9.21 Å². The summed E-state index contributed by atoms with van der Waals surface area (Å²) in [6, 6.07) is 13.2. The van der Waals surface area contributed by atoms with Gasteiger partial charge in [0.2, 0.25) is 0 Å². The molecule has 0 bridgehead atoms. The Morgan fingerprint density at radius 1 is 1.09 bits per heavy atom. The molecule has 1 amide bonds. The molecule has 1 unspecified atom stereocenters. The maximum absolute atomic E-state index is 13.3. The van der Waals surface area contributed by atoms with E-state index in [1.54, 1.807) is 27.7 Å². The quantitative estimate of drug-likeness (QED) is 0.494. The number of amides is 1. The molecule has 0 aliphatic carbocycles. The average Bonchev–Trinajstić information content (AvgIpc) is 2.72. The second kappa shape index (κ2) is 8.62. The number of nitrogens with zero attached hydrogens (tertiary/aromatic N) is 3. The predicted molar refractivity (Wildman–Crippen MR) is 118 cm³/mol. The van der Waals surface area contributed by atoms with Crippen LogP contribution >= 0.6 is 0 Å². The Morgan fingerprint density at radius 3 is 2.22 bits per heavy atom. The Balaban J connectivity index is 2.02. The standard InChI is InChI=1S/C22H25N3O6S/c1-16-14-23(32(29,30)19-12-10-18(11-13-19)25(27)28)15-20(17-8-6-5-7-9-17)24(16)21(26)31-22(2,3)4/h5-14,20H,15H2,1-4H3. The van der Waals surface area contributed by atoms with E-state index in [0.717, 1.165) is 22.0 Å².